The molecule has 0 aliphatic heterocycles. The molecule has 0 radical (unpaired) electrons. The number of aliphatic hydroxyl groups is 1. The number of carbonyl (C=O) groups excluding carboxylic acids is 1. The van der Waals surface area contributed by atoms with Crippen molar-refractivity contribution in [3.05, 3.63) is 35.1 Å². The minimum Gasteiger partial charge on any atom is -0.384 e. The highest BCUT2D eigenvalue weighted by atomic mass is 32.2. The van der Waals surface area contributed by atoms with Crippen LogP contribution in [0.5, 0.6) is 0 Å². The summed E-state index contributed by atoms with van der Waals surface area (Å²) in [4.78, 5) is 11.6. The second-order valence-electron chi connectivity index (χ2n) is 3.70. The Morgan fingerprint density at radius 2 is 2.10 bits per heavy atom. The van der Waals surface area contributed by atoms with Gasteiger partial charge < -0.3 is 10.4 Å². The third-order valence-corrected chi connectivity index (χ3v) is 2.92. The van der Waals surface area contributed by atoms with Gasteiger partial charge in [0.2, 0.25) is 0 Å². The summed E-state index contributed by atoms with van der Waals surface area (Å²) in [5.74, 6) is 2.90. The van der Waals surface area contributed by atoms with Gasteiger partial charge in [0.1, 0.15) is 12.4 Å². The van der Waals surface area contributed by atoms with Crippen LogP contribution in [0.15, 0.2) is 18.2 Å². The van der Waals surface area contributed by atoms with Crippen LogP contribution in [0.4, 0.5) is 17.6 Å². The zero-order chi connectivity index (χ0) is 15.9. The Morgan fingerprint density at radius 3 is 2.67 bits per heavy atom. The van der Waals surface area contributed by atoms with Crippen molar-refractivity contribution in [3.63, 3.8) is 0 Å². The van der Waals surface area contributed by atoms with Crippen LogP contribution in [0.2, 0.25) is 0 Å². The van der Waals surface area contributed by atoms with Gasteiger partial charge >= 0.3 is 5.51 Å². The van der Waals surface area contributed by atoms with Gasteiger partial charge in [0.05, 0.1) is 5.56 Å². The minimum atomic E-state index is -4.34. The summed E-state index contributed by atoms with van der Waals surface area (Å²) < 4.78 is 49.2. The lowest BCUT2D eigenvalue weighted by Gasteiger charge is -2.07. The summed E-state index contributed by atoms with van der Waals surface area (Å²) in [6, 6.07) is 3.50. The van der Waals surface area contributed by atoms with E-state index in [0.29, 0.717) is 0 Å². The van der Waals surface area contributed by atoms with E-state index < -0.39 is 23.8 Å². The van der Waals surface area contributed by atoms with E-state index in [4.69, 9.17) is 5.11 Å². The molecule has 0 bridgehead atoms. The molecule has 0 spiro atoms. The lowest BCUT2D eigenvalue weighted by molar-refractivity contribution is -0.0327. The molecule has 1 aromatic carbocycles. The SMILES string of the molecule is O=C(NCCSC(F)(F)F)c1ccc(C#CCO)c(F)c1. The van der Waals surface area contributed by atoms with Crippen LogP contribution in [0.25, 0.3) is 0 Å². The fourth-order valence-corrected chi connectivity index (χ4v) is 1.76. The van der Waals surface area contributed by atoms with Gasteiger partial charge in [-0.05, 0) is 30.0 Å². The van der Waals surface area contributed by atoms with Crippen LogP contribution in [0, 0.1) is 17.7 Å². The molecule has 0 heterocycles. The van der Waals surface area contributed by atoms with E-state index in [2.05, 4.69) is 17.2 Å². The van der Waals surface area contributed by atoms with Gasteiger partial charge in [-0.25, -0.2) is 4.39 Å². The molecule has 0 atom stereocenters. The number of benzene rings is 1. The molecule has 2 N–H and O–H groups in total. The molecule has 114 valence electrons. The molecule has 0 aromatic heterocycles. The first-order chi connectivity index (χ1) is 9.83. The van der Waals surface area contributed by atoms with E-state index in [1.807, 2.05) is 0 Å². The molecule has 0 unspecified atom stereocenters. The first-order valence-electron chi connectivity index (χ1n) is 5.71. The molecule has 0 aliphatic rings. The normalized spacial score (nSPS) is 10.7. The summed E-state index contributed by atoms with van der Waals surface area (Å²) in [6.07, 6.45) is 0. The number of rotatable bonds is 4. The number of aliphatic hydroxyl groups excluding tert-OH is 1. The van der Waals surface area contributed by atoms with E-state index in [1.54, 1.807) is 0 Å². The van der Waals surface area contributed by atoms with Gasteiger partial charge in [-0.3, -0.25) is 4.79 Å². The second-order valence-corrected chi connectivity index (χ2v) is 4.86. The Labute approximate surface area is 122 Å². The van der Waals surface area contributed by atoms with E-state index in [-0.39, 0.29) is 35.2 Å². The Morgan fingerprint density at radius 1 is 1.38 bits per heavy atom. The summed E-state index contributed by atoms with van der Waals surface area (Å²) in [5.41, 5.74) is -4.34. The number of nitrogens with one attached hydrogen (secondary N) is 1. The highest BCUT2D eigenvalue weighted by molar-refractivity contribution is 8.00. The summed E-state index contributed by atoms with van der Waals surface area (Å²) >= 11 is -0.245. The topological polar surface area (TPSA) is 49.3 Å². The van der Waals surface area contributed by atoms with Crippen LogP contribution in [0.3, 0.4) is 0 Å². The van der Waals surface area contributed by atoms with Crippen molar-refractivity contribution in [2.45, 2.75) is 5.51 Å². The fraction of sp³-hybridized carbons (Fsp3) is 0.308. The zero-order valence-corrected chi connectivity index (χ0v) is 11.4. The standard InChI is InChI=1S/C13H11F4NO2S/c14-11-8-10(4-3-9(11)2-1-6-19)12(20)18-5-7-21-13(15,16)17/h3-4,8,19H,5-7H2,(H,18,20). The Balaban J connectivity index is 2.57. The fourth-order valence-electron chi connectivity index (χ4n) is 1.33. The third kappa shape index (κ3) is 6.51. The molecule has 0 saturated carbocycles. The van der Waals surface area contributed by atoms with Crippen LogP contribution >= 0.6 is 11.8 Å². The zero-order valence-electron chi connectivity index (χ0n) is 10.6. The number of thioether (sulfide) groups is 1. The average Bonchev–Trinajstić information content (AvgIpc) is 2.41. The van der Waals surface area contributed by atoms with Gasteiger partial charge in [0.15, 0.2) is 0 Å². The Kier molecular flexibility index (Phi) is 6.52. The average molecular weight is 321 g/mol. The van der Waals surface area contributed by atoms with Crippen LogP contribution < -0.4 is 5.32 Å². The summed E-state index contributed by atoms with van der Waals surface area (Å²) in [7, 11) is 0. The predicted octanol–water partition coefficient (Wildman–Crippen LogP) is 2.15. The van der Waals surface area contributed by atoms with Gasteiger partial charge in [-0.1, -0.05) is 11.8 Å². The van der Waals surface area contributed by atoms with E-state index in [9.17, 15) is 22.4 Å². The lowest BCUT2D eigenvalue weighted by atomic mass is 10.1. The monoisotopic (exact) mass is 321 g/mol. The quantitative estimate of drug-likeness (QED) is 0.507. The number of alkyl halides is 3. The maximum atomic E-state index is 13.6. The molecule has 8 heteroatoms. The van der Waals surface area contributed by atoms with Gasteiger partial charge in [0, 0.05) is 17.9 Å². The summed E-state index contributed by atoms with van der Waals surface area (Å²) in [6.45, 7) is -0.602. The molecule has 3 nitrogen and oxygen atoms in total. The van der Waals surface area contributed by atoms with E-state index in [0.717, 1.165) is 6.07 Å². The van der Waals surface area contributed by atoms with Gasteiger partial charge in [-0.15, -0.1) is 0 Å². The Bertz CT molecular complexity index is 564. The van der Waals surface area contributed by atoms with Crippen LogP contribution in [0.1, 0.15) is 15.9 Å². The molecule has 0 fully saturated rings. The Hall–Kier alpha value is -1.72. The maximum absolute atomic E-state index is 13.6. The van der Waals surface area contributed by atoms with Crippen LogP contribution in [-0.2, 0) is 0 Å². The van der Waals surface area contributed by atoms with E-state index in [1.165, 1.54) is 12.1 Å². The molecule has 1 rings (SSSR count). The van der Waals surface area contributed by atoms with Crippen molar-refractivity contribution in [3.8, 4) is 11.8 Å². The largest absolute Gasteiger partial charge is 0.441 e. The first kappa shape index (κ1) is 17.3. The minimum absolute atomic E-state index is 0.0148. The van der Waals surface area contributed by atoms with Crippen molar-refractivity contribution < 1.29 is 27.5 Å². The van der Waals surface area contributed by atoms with Gasteiger partial charge in [0.25, 0.3) is 5.91 Å². The number of halogens is 4. The third-order valence-electron chi connectivity index (χ3n) is 2.19. The van der Waals surface area contributed by atoms with Crippen molar-refractivity contribution in [1.29, 1.82) is 0 Å². The van der Waals surface area contributed by atoms with Crippen molar-refractivity contribution in [1.82, 2.24) is 5.32 Å². The molecule has 0 aliphatic carbocycles. The number of hydrogen-bond donors (Lipinski definition) is 2. The molecular formula is C13H11F4NO2S. The number of amides is 1. The molecular weight excluding hydrogens is 310 g/mol. The van der Waals surface area contributed by atoms with E-state index >= 15 is 0 Å². The van der Waals surface area contributed by atoms with Crippen molar-refractivity contribution in [2.24, 2.45) is 0 Å². The van der Waals surface area contributed by atoms with Crippen molar-refractivity contribution >= 4 is 17.7 Å². The van der Waals surface area contributed by atoms with Gasteiger partial charge in [-0.2, -0.15) is 13.2 Å². The van der Waals surface area contributed by atoms with Crippen molar-refractivity contribution in [2.75, 3.05) is 18.9 Å². The first-order valence-corrected chi connectivity index (χ1v) is 6.70. The molecule has 1 amide bonds. The number of hydrogen-bond acceptors (Lipinski definition) is 3. The highest BCUT2D eigenvalue weighted by Crippen LogP contribution is 2.29. The highest BCUT2D eigenvalue weighted by Gasteiger charge is 2.27. The smallest absolute Gasteiger partial charge is 0.384 e. The lowest BCUT2D eigenvalue weighted by Crippen LogP contribution is -2.26. The molecule has 1 aromatic rings. The molecule has 21 heavy (non-hydrogen) atoms. The van der Waals surface area contributed by atoms with Crippen LogP contribution in [-0.4, -0.2) is 35.4 Å². The number of carbonyl (C=O) groups is 1. The second kappa shape index (κ2) is 7.90. The summed E-state index contributed by atoms with van der Waals surface area (Å²) in [5, 5.41) is 10.8. The maximum Gasteiger partial charge on any atom is 0.441 e. The predicted molar refractivity (Wildman–Crippen MR) is 71.2 cm³/mol. The molecule has 0 saturated heterocycles.